The topological polar surface area (TPSA) is 21.3 Å². The normalized spacial score (nSPS) is 24.9. The fraction of sp³-hybridized carbons (Fsp3) is 1.00. The number of halogens is 1. The fourth-order valence-electron chi connectivity index (χ4n) is 1.13. The average Bonchev–Trinajstić information content (AvgIpc) is 2.15. The summed E-state index contributed by atoms with van der Waals surface area (Å²) in [4.78, 5) is 0. The number of ether oxygens (including phenoxy) is 1. The van der Waals surface area contributed by atoms with Gasteiger partial charge in [-0.3, -0.25) is 0 Å². The van der Waals surface area contributed by atoms with E-state index in [1.54, 1.807) is 0 Å². The van der Waals surface area contributed by atoms with Crippen molar-refractivity contribution in [2.75, 3.05) is 13.1 Å². The van der Waals surface area contributed by atoms with E-state index in [2.05, 4.69) is 19.2 Å². The Balaban J connectivity index is 0.000000810. The van der Waals surface area contributed by atoms with Gasteiger partial charge in [-0.15, -0.1) is 12.4 Å². The molecule has 0 aromatic heterocycles. The summed E-state index contributed by atoms with van der Waals surface area (Å²) >= 11 is 0. The molecule has 0 bridgehead atoms. The summed E-state index contributed by atoms with van der Waals surface area (Å²) in [5.41, 5.74) is 0. The van der Waals surface area contributed by atoms with Crippen LogP contribution in [-0.4, -0.2) is 25.3 Å². The van der Waals surface area contributed by atoms with Crippen LogP contribution in [0.15, 0.2) is 0 Å². The van der Waals surface area contributed by atoms with Gasteiger partial charge in [-0.2, -0.15) is 0 Å². The Morgan fingerprint density at radius 2 is 2.20 bits per heavy atom. The van der Waals surface area contributed by atoms with Gasteiger partial charge in [0.15, 0.2) is 0 Å². The summed E-state index contributed by atoms with van der Waals surface area (Å²) in [5.74, 6) is 0. The molecule has 1 rings (SSSR count). The third kappa shape index (κ3) is 3.40. The van der Waals surface area contributed by atoms with E-state index in [9.17, 15) is 0 Å². The molecular formula is C7H16ClNO. The highest BCUT2D eigenvalue weighted by molar-refractivity contribution is 5.85. The summed E-state index contributed by atoms with van der Waals surface area (Å²) < 4.78 is 5.55. The molecule has 1 saturated heterocycles. The standard InChI is InChI=1S/C7H15NO.ClH/c1-6(2)9-7-3-4-8-5-7;/h6-8H,3-5H2,1-2H3;1H/t7-;/m0./s1. The molecule has 1 heterocycles. The van der Waals surface area contributed by atoms with Crippen LogP contribution in [0, 0.1) is 0 Å². The molecule has 1 aliphatic heterocycles. The Morgan fingerprint density at radius 1 is 1.50 bits per heavy atom. The first-order chi connectivity index (χ1) is 4.29. The van der Waals surface area contributed by atoms with Gasteiger partial charge in [0.1, 0.15) is 0 Å². The highest BCUT2D eigenvalue weighted by Gasteiger charge is 2.15. The monoisotopic (exact) mass is 165 g/mol. The molecule has 0 aromatic rings. The molecule has 10 heavy (non-hydrogen) atoms. The van der Waals surface area contributed by atoms with E-state index in [-0.39, 0.29) is 12.4 Å². The van der Waals surface area contributed by atoms with Crippen LogP contribution in [0.3, 0.4) is 0 Å². The van der Waals surface area contributed by atoms with Crippen LogP contribution in [0.25, 0.3) is 0 Å². The zero-order chi connectivity index (χ0) is 6.69. The molecule has 0 saturated carbocycles. The van der Waals surface area contributed by atoms with Crippen molar-refractivity contribution >= 4 is 12.4 Å². The number of rotatable bonds is 2. The molecule has 0 radical (unpaired) electrons. The first kappa shape index (κ1) is 10.2. The molecule has 0 unspecified atom stereocenters. The van der Waals surface area contributed by atoms with E-state index in [0.29, 0.717) is 12.2 Å². The molecule has 1 fully saturated rings. The molecule has 3 heteroatoms. The molecule has 0 spiro atoms. The minimum absolute atomic E-state index is 0. The lowest BCUT2D eigenvalue weighted by Crippen LogP contribution is -2.20. The quantitative estimate of drug-likeness (QED) is 0.664. The molecule has 2 nitrogen and oxygen atoms in total. The van der Waals surface area contributed by atoms with Gasteiger partial charge < -0.3 is 10.1 Å². The smallest absolute Gasteiger partial charge is 0.0715 e. The molecular weight excluding hydrogens is 150 g/mol. The molecule has 1 N–H and O–H groups in total. The minimum Gasteiger partial charge on any atom is -0.374 e. The largest absolute Gasteiger partial charge is 0.374 e. The number of hydrogen-bond acceptors (Lipinski definition) is 2. The van der Waals surface area contributed by atoms with Crippen LogP contribution in [0.2, 0.25) is 0 Å². The Kier molecular flexibility index (Phi) is 5.04. The fourth-order valence-corrected chi connectivity index (χ4v) is 1.13. The van der Waals surface area contributed by atoms with Crippen LogP contribution in [-0.2, 0) is 4.74 Å². The molecule has 0 aliphatic carbocycles. The van der Waals surface area contributed by atoms with Crippen molar-refractivity contribution in [1.29, 1.82) is 0 Å². The minimum atomic E-state index is 0. The number of nitrogens with one attached hydrogen (secondary N) is 1. The van der Waals surface area contributed by atoms with Gasteiger partial charge in [-0.25, -0.2) is 0 Å². The second-order valence-electron chi connectivity index (χ2n) is 2.80. The molecule has 1 atom stereocenters. The van der Waals surface area contributed by atoms with Gasteiger partial charge in [-0.1, -0.05) is 0 Å². The van der Waals surface area contributed by atoms with Gasteiger partial charge in [0, 0.05) is 6.54 Å². The third-order valence-electron chi connectivity index (χ3n) is 1.48. The van der Waals surface area contributed by atoms with Crippen molar-refractivity contribution in [2.24, 2.45) is 0 Å². The predicted octanol–water partition coefficient (Wildman–Crippen LogP) is 1.20. The highest BCUT2D eigenvalue weighted by Crippen LogP contribution is 2.05. The van der Waals surface area contributed by atoms with Crippen LogP contribution < -0.4 is 5.32 Å². The molecule has 0 amide bonds. The van der Waals surface area contributed by atoms with E-state index < -0.39 is 0 Å². The van der Waals surface area contributed by atoms with Crippen LogP contribution in [0.5, 0.6) is 0 Å². The molecule has 0 aromatic carbocycles. The van der Waals surface area contributed by atoms with Gasteiger partial charge in [0.25, 0.3) is 0 Å². The zero-order valence-electron chi connectivity index (χ0n) is 6.59. The van der Waals surface area contributed by atoms with Crippen molar-refractivity contribution in [3.05, 3.63) is 0 Å². The van der Waals surface area contributed by atoms with Crippen LogP contribution in [0.1, 0.15) is 20.3 Å². The Labute approximate surface area is 68.7 Å². The second-order valence-corrected chi connectivity index (χ2v) is 2.80. The lowest BCUT2D eigenvalue weighted by Gasteiger charge is -2.12. The van der Waals surface area contributed by atoms with Gasteiger partial charge >= 0.3 is 0 Å². The summed E-state index contributed by atoms with van der Waals surface area (Å²) in [6, 6.07) is 0. The van der Waals surface area contributed by atoms with E-state index in [1.165, 1.54) is 6.42 Å². The van der Waals surface area contributed by atoms with Crippen molar-refractivity contribution in [3.8, 4) is 0 Å². The maximum Gasteiger partial charge on any atom is 0.0715 e. The summed E-state index contributed by atoms with van der Waals surface area (Å²) in [6.45, 7) is 6.33. The maximum atomic E-state index is 5.55. The second kappa shape index (κ2) is 4.94. The lowest BCUT2D eigenvalue weighted by molar-refractivity contribution is 0.0201. The summed E-state index contributed by atoms with van der Waals surface area (Å²) in [7, 11) is 0. The zero-order valence-corrected chi connectivity index (χ0v) is 7.41. The van der Waals surface area contributed by atoms with Crippen molar-refractivity contribution in [1.82, 2.24) is 5.32 Å². The summed E-state index contributed by atoms with van der Waals surface area (Å²) in [5, 5.41) is 3.25. The Hall–Kier alpha value is 0.210. The van der Waals surface area contributed by atoms with Crippen LogP contribution in [0.4, 0.5) is 0 Å². The van der Waals surface area contributed by atoms with Gasteiger partial charge in [0.05, 0.1) is 12.2 Å². The van der Waals surface area contributed by atoms with E-state index in [1.807, 2.05) is 0 Å². The van der Waals surface area contributed by atoms with Crippen molar-refractivity contribution < 1.29 is 4.74 Å². The average molecular weight is 166 g/mol. The summed E-state index contributed by atoms with van der Waals surface area (Å²) in [6.07, 6.45) is 2.04. The van der Waals surface area contributed by atoms with Gasteiger partial charge in [-0.05, 0) is 26.8 Å². The third-order valence-corrected chi connectivity index (χ3v) is 1.48. The van der Waals surface area contributed by atoms with E-state index in [4.69, 9.17) is 4.74 Å². The Morgan fingerprint density at radius 3 is 2.60 bits per heavy atom. The maximum absolute atomic E-state index is 5.55. The lowest BCUT2D eigenvalue weighted by atomic mass is 10.3. The van der Waals surface area contributed by atoms with Gasteiger partial charge in [0.2, 0.25) is 0 Å². The number of hydrogen-bond donors (Lipinski definition) is 1. The SMILES string of the molecule is CC(C)O[C@H]1CCNC1.Cl. The predicted molar refractivity (Wildman–Crippen MR) is 44.7 cm³/mol. The first-order valence-corrected chi connectivity index (χ1v) is 3.65. The van der Waals surface area contributed by atoms with E-state index >= 15 is 0 Å². The Bertz CT molecular complexity index is 81.7. The van der Waals surface area contributed by atoms with E-state index in [0.717, 1.165) is 13.1 Å². The highest BCUT2D eigenvalue weighted by atomic mass is 35.5. The van der Waals surface area contributed by atoms with Crippen LogP contribution >= 0.6 is 12.4 Å². The first-order valence-electron chi connectivity index (χ1n) is 3.65. The molecule has 62 valence electrons. The van der Waals surface area contributed by atoms with Crippen molar-refractivity contribution in [2.45, 2.75) is 32.5 Å². The molecule has 1 aliphatic rings. The van der Waals surface area contributed by atoms with Crippen molar-refractivity contribution in [3.63, 3.8) is 0 Å².